The highest BCUT2D eigenvalue weighted by atomic mass is 32.2. The smallest absolute Gasteiger partial charge is 0.257 e. The fraction of sp³-hybridized carbons (Fsp3) is 0.769. The van der Waals surface area contributed by atoms with E-state index >= 15 is 0 Å². The lowest BCUT2D eigenvalue weighted by atomic mass is 9.98. The van der Waals surface area contributed by atoms with E-state index in [9.17, 15) is 17.2 Å². The zero-order valence-electron chi connectivity index (χ0n) is 12.6. The molecule has 1 aromatic heterocycles. The second kappa shape index (κ2) is 7.47. The van der Waals surface area contributed by atoms with Crippen molar-refractivity contribution in [1.82, 2.24) is 19.4 Å². The average Bonchev–Trinajstić information content (AvgIpc) is 2.94. The van der Waals surface area contributed by atoms with Gasteiger partial charge in [-0.05, 0) is 31.8 Å². The fourth-order valence-corrected chi connectivity index (χ4v) is 4.00. The number of piperidine rings is 1. The van der Waals surface area contributed by atoms with Crippen molar-refractivity contribution in [3.63, 3.8) is 0 Å². The number of alkyl halides is 2. The number of aromatic nitrogens is 2. The summed E-state index contributed by atoms with van der Waals surface area (Å²) >= 11 is 0. The van der Waals surface area contributed by atoms with Gasteiger partial charge in [-0.25, -0.2) is 17.2 Å². The van der Waals surface area contributed by atoms with Gasteiger partial charge in [0, 0.05) is 19.3 Å². The van der Waals surface area contributed by atoms with Gasteiger partial charge in [0.25, 0.3) is 6.43 Å². The van der Waals surface area contributed by atoms with E-state index in [-0.39, 0.29) is 4.90 Å². The van der Waals surface area contributed by atoms with E-state index in [0.29, 0.717) is 19.0 Å². The molecule has 0 aliphatic carbocycles. The van der Waals surface area contributed by atoms with Crippen molar-refractivity contribution >= 4 is 10.0 Å². The second-order valence-corrected chi connectivity index (χ2v) is 7.38. The predicted molar refractivity (Wildman–Crippen MR) is 78.3 cm³/mol. The largest absolute Gasteiger partial charge is 0.317 e. The van der Waals surface area contributed by atoms with Crippen molar-refractivity contribution in [3.8, 4) is 0 Å². The van der Waals surface area contributed by atoms with Crippen LogP contribution in [0.2, 0.25) is 0 Å². The van der Waals surface area contributed by atoms with Crippen LogP contribution in [0.15, 0.2) is 17.3 Å². The summed E-state index contributed by atoms with van der Waals surface area (Å²) in [6.07, 6.45) is 1.36. The Morgan fingerprint density at radius 2 is 2.09 bits per heavy atom. The van der Waals surface area contributed by atoms with Crippen molar-refractivity contribution in [2.75, 3.05) is 26.2 Å². The van der Waals surface area contributed by atoms with Crippen LogP contribution in [0, 0.1) is 5.92 Å². The van der Waals surface area contributed by atoms with Crippen LogP contribution in [-0.4, -0.2) is 55.1 Å². The van der Waals surface area contributed by atoms with Crippen LogP contribution in [0.3, 0.4) is 0 Å². The van der Waals surface area contributed by atoms with Crippen molar-refractivity contribution in [2.24, 2.45) is 5.92 Å². The zero-order chi connectivity index (χ0) is 16.2. The van der Waals surface area contributed by atoms with E-state index in [1.807, 2.05) is 6.92 Å². The van der Waals surface area contributed by atoms with Gasteiger partial charge >= 0.3 is 0 Å². The summed E-state index contributed by atoms with van der Waals surface area (Å²) in [5.74, 6) is 0.480. The number of hydrogen-bond donors (Lipinski definition) is 1. The number of nitrogens with zero attached hydrogens (tertiary/aromatic N) is 3. The number of nitrogens with one attached hydrogen (secondary N) is 1. The molecule has 22 heavy (non-hydrogen) atoms. The van der Waals surface area contributed by atoms with Crippen molar-refractivity contribution < 1.29 is 17.2 Å². The molecule has 0 aromatic carbocycles. The third-order valence-electron chi connectivity index (χ3n) is 3.83. The molecule has 1 aliphatic heterocycles. The van der Waals surface area contributed by atoms with Crippen LogP contribution >= 0.6 is 0 Å². The predicted octanol–water partition coefficient (Wildman–Crippen LogP) is 1.16. The van der Waals surface area contributed by atoms with E-state index in [1.165, 1.54) is 10.5 Å². The SMILES string of the molecule is CCNCC1CCN(S(=O)(=O)c2cnn(CC(F)F)c2)CC1. The third kappa shape index (κ3) is 4.23. The van der Waals surface area contributed by atoms with Crippen LogP contribution in [-0.2, 0) is 16.6 Å². The summed E-state index contributed by atoms with van der Waals surface area (Å²) in [7, 11) is -3.64. The minimum Gasteiger partial charge on any atom is -0.317 e. The van der Waals surface area contributed by atoms with Gasteiger partial charge in [0.2, 0.25) is 10.0 Å². The average molecular weight is 336 g/mol. The van der Waals surface area contributed by atoms with Gasteiger partial charge < -0.3 is 5.32 Å². The van der Waals surface area contributed by atoms with Gasteiger partial charge in [0.15, 0.2) is 0 Å². The molecule has 2 rings (SSSR count). The summed E-state index contributed by atoms with van der Waals surface area (Å²) in [6, 6.07) is 0. The maximum atomic E-state index is 12.5. The van der Waals surface area contributed by atoms with Crippen LogP contribution in [0.4, 0.5) is 8.78 Å². The second-order valence-electron chi connectivity index (χ2n) is 5.44. The highest BCUT2D eigenvalue weighted by molar-refractivity contribution is 7.89. The minimum absolute atomic E-state index is 0.0155. The Morgan fingerprint density at radius 3 is 2.68 bits per heavy atom. The van der Waals surface area contributed by atoms with E-state index in [2.05, 4.69) is 10.4 Å². The molecule has 2 heterocycles. The van der Waals surface area contributed by atoms with Crippen LogP contribution in [0.5, 0.6) is 0 Å². The number of hydrogen-bond acceptors (Lipinski definition) is 4. The molecule has 0 saturated carbocycles. The maximum Gasteiger partial charge on any atom is 0.257 e. The highest BCUT2D eigenvalue weighted by Gasteiger charge is 2.30. The van der Waals surface area contributed by atoms with Crippen molar-refractivity contribution in [1.29, 1.82) is 0 Å². The lowest BCUT2D eigenvalue weighted by Crippen LogP contribution is -2.40. The van der Waals surface area contributed by atoms with Crippen LogP contribution in [0.1, 0.15) is 19.8 Å². The van der Waals surface area contributed by atoms with Gasteiger partial charge in [-0.3, -0.25) is 4.68 Å². The molecule has 0 atom stereocenters. The van der Waals surface area contributed by atoms with Crippen molar-refractivity contribution in [3.05, 3.63) is 12.4 Å². The Hall–Kier alpha value is -1.06. The molecule has 0 radical (unpaired) electrons. The molecule has 0 bridgehead atoms. The van der Waals surface area contributed by atoms with Crippen LogP contribution < -0.4 is 5.32 Å². The number of rotatable bonds is 7. The molecular formula is C13H22F2N4O2S. The van der Waals surface area contributed by atoms with E-state index in [1.54, 1.807) is 0 Å². The molecule has 1 aromatic rings. The molecule has 0 spiro atoms. The Balaban J connectivity index is 1.98. The first kappa shape index (κ1) is 17.3. The first-order valence-corrected chi connectivity index (χ1v) is 8.89. The normalized spacial score (nSPS) is 18.2. The maximum absolute atomic E-state index is 12.5. The molecule has 1 saturated heterocycles. The Bertz CT molecular complexity index is 568. The summed E-state index contributed by atoms with van der Waals surface area (Å²) in [6.45, 7) is 4.16. The Labute approximate surface area is 129 Å². The van der Waals surface area contributed by atoms with Gasteiger partial charge in [-0.2, -0.15) is 9.40 Å². The first-order chi connectivity index (χ1) is 10.4. The summed E-state index contributed by atoms with van der Waals surface area (Å²) in [5, 5.41) is 6.97. The summed E-state index contributed by atoms with van der Waals surface area (Å²) in [4.78, 5) is -0.0155. The highest BCUT2D eigenvalue weighted by Crippen LogP contribution is 2.23. The third-order valence-corrected chi connectivity index (χ3v) is 5.68. The monoisotopic (exact) mass is 336 g/mol. The standard InChI is InChI=1S/C13H22F2N4O2S/c1-2-16-7-11-3-5-19(6-4-11)22(20,21)12-8-17-18(9-12)10-13(14)15/h8-9,11,13,16H,2-7,10H2,1H3. The van der Waals surface area contributed by atoms with Gasteiger partial charge in [0.1, 0.15) is 11.4 Å². The molecule has 0 unspecified atom stereocenters. The van der Waals surface area contributed by atoms with E-state index in [0.717, 1.165) is 36.8 Å². The minimum atomic E-state index is -3.64. The van der Waals surface area contributed by atoms with E-state index < -0.39 is 23.0 Å². The van der Waals surface area contributed by atoms with E-state index in [4.69, 9.17) is 0 Å². The molecule has 126 valence electrons. The van der Waals surface area contributed by atoms with Gasteiger partial charge in [-0.15, -0.1) is 0 Å². The summed E-state index contributed by atoms with van der Waals surface area (Å²) in [5.41, 5.74) is 0. The molecule has 1 N–H and O–H groups in total. The van der Waals surface area contributed by atoms with Crippen molar-refractivity contribution in [2.45, 2.75) is 37.6 Å². The van der Waals surface area contributed by atoms with Crippen LogP contribution in [0.25, 0.3) is 0 Å². The molecular weight excluding hydrogens is 314 g/mol. The molecule has 0 amide bonds. The molecule has 9 heteroatoms. The lowest BCUT2D eigenvalue weighted by molar-refractivity contribution is 0.121. The lowest BCUT2D eigenvalue weighted by Gasteiger charge is -2.30. The fourth-order valence-electron chi connectivity index (χ4n) is 2.57. The zero-order valence-corrected chi connectivity index (χ0v) is 13.4. The topological polar surface area (TPSA) is 67.2 Å². The van der Waals surface area contributed by atoms with Gasteiger partial charge in [-0.1, -0.05) is 6.92 Å². The molecule has 1 aliphatic rings. The summed E-state index contributed by atoms with van der Waals surface area (Å²) < 4.78 is 51.9. The number of halogens is 2. The Kier molecular flexibility index (Phi) is 5.87. The first-order valence-electron chi connectivity index (χ1n) is 7.45. The number of sulfonamides is 1. The molecule has 6 nitrogen and oxygen atoms in total. The quantitative estimate of drug-likeness (QED) is 0.811. The molecule has 1 fully saturated rings. The Morgan fingerprint density at radius 1 is 1.41 bits per heavy atom. The van der Waals surface area contributed by atoms with Gasteiger partial charge in [0.05, 0.1) is 6.20 Å².